The summed E-state index contributed by atoms with van der Waals surface area (Å²) in [7, 11) is 3.05. The van der Waals surface area contributed by atoms with Gasteiger partial charge in [-0.1, -0.05) is 50.6 Å². The van der Waals surface area contributed by atoms with Gasteiger partial charge in [-0.3, -0.25) is 9.59 Å². The van der Waals surface area contributed by atoms with Crippen molar-refractivity contribution in [1.82, 2.24) is 10.6 Å². The van der Waals surface area contributed by atoms with Gasteiger partial charge >= 0.3 is 0 Å². The molecule has 0 bridgehead atoms. The summed E-state index contributed by atoms with van der Waals surface area (Å²) in [4.78, 5) is 25.8. The van der Waals surface area contributed by atoms with Gasteiger partial charge in [0.25, 0.3) is 5.91 Å². The van der Waals surface area contributed by atoms with Gasteiger partial charge in [0.15, 0.2) is 0 Å². The number of hydrogen-bond donors (Lipinski definition) is 2. The zero-order valence-electron chi connectivity index (χ0n) is 17.7. The highest BCUT2D eigenvalue weighted by molar-refractivity contribution is 5.98. The Morgan fingerprint density at radius 2 is 1.52 bits per heavy atom. The lowest BCUT2D eigenvalue weighted by molar-refractivity contribution is -0.124. The van der Waals surface area contributed by atoms with E-state index >= 15 is 0 Å². The van der Waals surface area contributed by atoms with Gasteiger partial charge in [-0.25, -0.2) is 0 Å². The normalized spacial score (nSPS) is 13.7. The van der Waals surface area contributed by atoms with Crippen LogP contribution in [0, 0.1) is 5.92 Å². The van der Waals surface area contributed by atoms with E-state index < -0.39 is 6.04 Å². The molecule has 0 aliphatic rings. The fourth-order valence-electron chi connectivity index (χ4n) is 2.99. The molecule has 2 N–H and O–H groups in total. The summed E-state index contributed by atoms with van der Waals surface area (Å²) in [5, 5.41) is 5.89. The van der Waals surface area contributed by atoms with Crippen molar-refractivity contribution >= 4 is 11.8 Å². The summed E-state index contributed by atoms with van der Waals surface area (Å²) < 4.78 is 10.5. The molecule has 2 aromatic rings. The van der Waals surface area contributed by atoms with Crippen LogP contribution in [0.2, 0.25) is 0 Å². The quantitative estimate of drug-likeness (QED) is 0.675. The van der Waals surface area contributed by atoms with Gasteiger partial charge in [0, 0.05) is 11.6 Å². The number of carbonyl (C=O) groups is 2. The number of carbonyl (C=O) groups excluding carboxylic acids is 2. The van der Waals surface area contributed by atoms with Crippen LogP contribution in [-0.2, 0) is 4.79 Å². The number of hydrogen-bond acceptors (Lipinski definition) is 4. The van der Waals surface area contributed by atoms with Crippen LogP contribution in [0.1, 0.15) is 49.2 Å². The first kappa shape index (κ1) is 22.3. The topological polar surface area (TPSA) is 76.7 Å². The van der Waals surface area contributed by atoms with Crippen molar-refractivity contribution in [2.24, 2.45) is 5.92 Å². The van der Waals surface area contributed by atoms with Gasteiger partial charge in [-0.05, 0) is 30.5 Å². The predicted octanol–water partition coefficient (Wildman–Crippen LogP) is 3.73. The third-order valence-electron chi connectivity index (χ3n) is 5.05. The zero-order chi connectivity index (χ0) is 21.4. The van der Waals surface area contributed by atoms with E-state index in [1.165, 1.54) is 14.2 Å². The molecule has 6 nitrogen and oxygen atoms in total. The number of ether oxygens (including phenoxy) is 2. The highest BCUT2D eigenvalue weighted by Crippen LogP contribution is 2.23. The molecule has 0 aliphatic heterocycles. The molecule has 0 heterocycles. The molecule has 0 fully saturated rings. The minimum absolute atomic E-state index is 0.0329. The van der Waals surface area contributed by atoms with Gasteiger partial charge in [-0.15, -0.1) is 0 Å². The van der Waals surface area contributed by atoms with Gasteiger partial charge in [0.1, 0.15) is 17.5 Å². The van der Waals surface area contributed by atoms with E-state index in [2.05, 4.69) is 10.6 Å². The van der Waals surface area contributed by atoms with Gasteiger partial charge in [0.2, 0.25) is 5.91 Å². The summed E-state index contributed by atoms with van der Waals surface area (Å²) in [6.45, 7) is 5.87. The first-order valence-electron chi connectivity index (χ1n) is 9.78. The number of amides is 2. The molecular weight excluding hydrogens is 368 g/mol. The van der Waals surface area contributed by atoms with E-state index in [0.29, 0.717) is 17.1 Å². The van der Waals surface area contributed by atoms with E-state index in [9.17, 15) is 9.59 Å². The number of nitrogens with one attached hydrogen (secondary N) is 2. The second kappa shape index (κ2) is 10.5. The minimum atomic E-state index is -0.657. The molecule has 0 aliphatic carbocycles. The molecule has 0 saturated carbocycles. The van der Waals surface area contributed by atoms with Crippen molar-refractivity contribution in [2.45, 2.75) is 39.3 Å². The second-order valence-electron chi connectivity index (χ2n) is 7.08. The standard InChI is InChI=1S/C23H30N2O4/c1-6-15(2)21(23(27)24-16(3)17-10-8-7-9-11-17)25-22(26)18-12-19(28-4)14-20(13-18)29-5/h7-16,21H,6H2,1-5H3,(H,24,27)(H,25,26). The van der Waals surface area contributed by atoms with Crippen LogP contribution in [0.5, 0.6) is 11.5 Å². The second-order valence-corrected chi connectivity index (χ2v) is 7.08. The summed E-state index contributed by atoms with van der Waals surface area (Å²) in [5.41, 5.74) is 1.38. The van der Waals surface area contributed by atoms with Crippen LogP contribution in [0.4, 0.5) is 0 Å². The first-order valence-corrected chi connectivity index (χ1v) is 9.78. The monoisotopic (exact) mass is 398 g/mol. The molecule has 2 amide bonds. The third-order valence-corrected chi connectivity index (χ3v) is 5.05. The number of methoxy groups -OCH3 is 2. The van der Waals surface area contributed by atoms with Crippen molar-refractivity contribution in [3.05, 3.63) is 59.7 Å². The van der Waals surface area contributed by atoms with Crippen LogP contribution in [0.15, 0.2) is 48.5 Å². The third kappa shape index (κ3) is 5.98. The summed E-state index contributed by atoms with van der Waals surface area (Å²) in [6, 6.07) is 13.8. The molecule has 156 valence electrons. The molecular formula is C23H30N2O4. The first-order chi connectivity index (χ1) is 13.9. The maximum atomic E-state index is 13.0. The summed E-state index contributed by atoms with van der Waals surface area (Å²) >= 11 is 0. The van der Waals surface area contributed by atoms with Crippen molar-refractivity contribution in [3.8, 4) is 11.5 Å². The molecule has 0 saturated heterocycles. The van der Waals surface area contributed by atoms with Gasteiger partial charge in [0.05, 0.1) is 20.3 Å². The average molecular weight is 399 g/mol. The Morgan fingerprint density at radius 1 is 0.931 bits per heavy atom. The van der Waals surface area contributed by atoms with E-state index in [0.717, 1.165) is 12.0 Å². The van der Waals surface area contributed by atoms with E-state index in [1.807, 2.05) is 51.1 Å². The Bertz CT molecular complexity index is 801. The van der Waals surface area contributed by atoms with Crippen LogP contribution >= 0.6 is 0 Å². The van der Waals surface area contributed by atoms with E-state index in [1.54, 1.807) is 18.2 Å². The summed E-state index contributed by atoms with van der Waals surface area (Å²) in [5.74, 6) is 0.428. The van der Waals surface area contributed by atoms with Gasteiger partial charge in [-0.2, -0.15) is 0 Å². The van der Waals surface area contributed by atoms with Crippen LogP contribution in [0.3, 0.4) is 0 Å². The molecule has 3 unspecified atom stereocenters. The lowest BCUT2D eigenvalue weighted by Crippen LogP contribution is -2.50. The largest absolute Gasteiger partial charge is 0.497 e. The lowest BCUT2D eigenvalue weighted by atomic mass is 9.97. The predicted molar refractivity (Wildman–Crippen MR) is 113 cm³/mol. The van der Waals surface area contributed by atoms with Crippen molar-refractivity contribution in [1.29, 1.82) is 0 Å². The maximum absolute atomic E-state index is 13.0. The van der Waals surface area contributed by atoms with E-state index in [-0.39, 0.29) is 23.8 Å². The summed E-state index contributed by atoms with van der Waals surface area (Å²) in [6.07, 6.45) is 0.750. The molecule has 2 rings (SSSR count). The van der Waals surface area contributed by atoms with Crippen molar-refractivity contribution < 1.29 is 19.1 Å². The molecule has 2 aromatic carbocycles. The zero-order valence-corrected chi connectivity index (χ0v) is 17.7. The maximum Gasteiger partial charge on any atom is 0.252 e. The molecule has 29 heavy (non-hydrogen) atoms. The SMILES string of the molecule is CCC(C)C(NC(=O)c1cc(OC)cc(OC)c1)C(=O)NC(C)c1ccccc1. The smallest absolute Gasteiger partial charge is 0.252 e. The Morgan fingerprint density at radius 3 is 2.03 bits per heavy atom. The minimum Gasteiger partial charge on any atom is -0.497 e. The van der Waals surface area contributed by atoms with E-state index in [4.69, 9.17) is 9.47 Å². The number of rotatable bonds is 9. The number of benzene rings is 2. The molecule has 0 radical (unpaired) electrons. The fourth-order valence-corrected chi connectivity index (χ4v) is 2.99. The average Bonchev–Trinajstić information content (AvgIpc) is 2.76. The molecule has 0 spiro atoms. The van der Waals surface area contributed by atoms with Crippen LogP contribution in [0.25, 0.3) is 0 Å². The van der Waals surface area contributed by atoms with Crippen LogP contribution < -0.4 is 20.1 Å². The highest BCUT2D eigenvalue weighted by Gasteiger charge is 2.27. The fraction of sp³-hybridized carbons (Fsp3) is 0.391. The Kier molecular flexibility index (Phi) is 8.07. The van der Waals surface area contributed by atoms with Crippen LogP contribution in [-0.4, -0.2) is 32.1 Å². The lowest BCUT2D eigenvalue weighted by Gasteiger charge is -2.26. The Hall–Kier alpha value is -3.02. The molecule has 6 heteroatoms. The van der Waals surface area contributed by atoms with Gasteiger partial charge < -0.3 is 20.1 Å². The van der Waals surface area contributed by atoms with Crippen molar-refractivity contribution in [2.75, 3.05) is 14.2 Å². The van der Waals surface area contributed by atoms with Crippen molar-refractivity contribution in [3.63, 3.8) is 0 Å². The Balaban J connectivity index is 2.18. The Labute approximate surface area is 172 Å². The highest BCUT2D eigenvalue weighted by atomic mass is 16.5. The molecule has 3 atom stereocenters. The molecule has 0 aromatic heterocycles.